The number of H-pyrrole nitrogens is 1. The molecule has 4 aliphatic carbocycles. The summed E-state index contributed by atoms with van der Waals surface area (Å²) in [4.78, 5) is 11.8. The normalized spacial score (nSPS) is 39.9. The first-order valence-corrected chi connectivity index (χ1v) is 7.58. The molecular weight excluding hydrogens is 242 g/mol. The van der Waals surface area contributed by atoms with Gasteiger partial charge in [0, 0.05) is 18.4 Å². The molecule has 4 saturated carbocycles. The Morgan fingerprint density at radius 2 is 1.79 bits per heavy atom. The Morgan fingerprint density at radius 3 is 2.37 bits per heavy atom. The average molecular weight is 264 g/mol. The van der Waals surface area contributed by atoms with E-state index in [4.69, 9.17) is 10.3 Å². The van der Waals surface area contributed by atoms with Gasteiger partial charge >= 0.3 is 5.63 Å². The second-order valence-corrected chi connectivity index (χ2v) is 6.76. The quantitative estimate of drug-likeness (QED) is 0.791. The number of nitrogens with two attached hydrogens (primary N) is 1. The van der Waals surface area contributed by atoms with Crippen molar-refractivity contribution >= 4 is 0 Å². The van der Waals surface area contributed by atoms with Crippen molar-refractivity contribution in [2.45, 2.75) is 44.6 Å². The number of hydrogen-bond donors (Lipinski definition) is 2. The second kappa shape index (κ2) is 4.20. The molecule has 0 saturated heterocycles. The molecule has 4 aliphatic rings. The Kier molecular flexibility index (Phi) is 2.59. The number of aromatic nitrogens is 2. The predicted octanol–water partition coefficient (Wildman–Crippen LogP) is 0.754. The molecule has 3 N–H and O–H groups in total. The molecule has 0 amide bonds. The Labute approximate surface area is 112 Å². The van der Waals surface area contributed by atoms with Gasteiger partial charge in [0.15, 0.2) is 6.04 Å². The third kappa shape index (κ3) is 1.71. The highest BCUT2D eigenvalue weighted by molar-refractivity contribution is 4.97. The van der Waals surface area contributed by atoms with Crippen molar-refractivity contribution in [1.82, 2.24) is 5.27 Å². The number of hydrogen-bond acceptors (Lipinski definition) is 3. The summed E-state index contributed by atoms with van der Waals surface area (Å²) in [6.45, 7) is 0.496. The van der Waals surface area contributed by atoms with Gasteiger partial charge in [0.1, 0.15) is 0 Å². The lowest BCUT2D eigenvalue weighted by molar-refractivity contribution is -0.807. The second-order valence-electron chi connectivity index (χ2n) is 6.76. The van der Waals surface area contributed by atoms with Crippen molar-refractivity contribution in [3.05, 3.63) is 16.1 Å². The molecule has 0 aliphatic heterocycles. The van der Waals surface area contributed by atoms with E-state index in [1.165, 1.54) is 32.1 Å². The van der Waals surface area contributed by atoms with Gasteiger partial charge in [-0.25, -0.2) is 4.79 Å². The third-order valence-corrected chi connectivity index (χ3v) is 5.62. The van der Waals surface area contributed by atoms with Crippen LogP contribution < -0.4 is 16.0 Å². The van der Waals surface area contributed by atoms with Crippen LogP contribution in [-0.4, -0.2) is 11.8 Å². The summed E-state index contributed by atoms with van der Waals surface area (Å²) in [5.74, 6) is 3.34. The third-order valence-electron chi connectivity index (χ3n) is 5.62. The Balaban J connectivity index is 1.71. The maximum Gasteiger partial charge on any atom is 0.429 e. The van der Waals surface area contributed by atoms with Crippen LogP contribution in [0.3, 0.4) is 0 Å². The molecule has 0 aromatic carbocycles. The van der Waals surface area contributed by atoms with Crippen molar-refractivity contribution in [2.24, 2.45) is 29.4 Å². The van der Waals surface area contributed by atoms with Gasteiger partial charge in [-0.3, -0.25) is 4.52 Å². The molecule has 0 spiro atoms. The highest BCUT2D eigenvalue weighted by atomic mass is 16.5. The lowest BCUT2D eigenvalue weighted by atomic mass is 9.54. The summed E-state index contributed by atoms with van der Waals surface area (Å²) < 4.78 is 7.06. The molecule has 4 bridgehead atoms. The van der Waals surface area contributed by atoms with E-state index in [0.29, 0.717) is 19.0 Å². The van der Waals surface area contributed by atoms with Gasteiger partial charge in [0.25, 0.3) is 5.69 Å². The van der Waals surface area contributed by atoms with Gasteiger partial charge in [0.2, 0.25) is 0 Å². The van der Waals surface area contributed by atoms with Crippen molar-refractivity contribution < 1.29 is 9.20 Å². The monoisotopic (exact) mass is 264 g/mol. The molecule has 4 fully saturated rings. The summed E-state index contributed by atoms with van der Waals surface area (Å²) in [7, 11) is 0. The van der Waals surface area contributed by atoms with Gasteiger partial charge in [-0.05, 0) is 49.2 Å². The minimum absolute atomic E-state index is 0.237. The summed E-state index contributed by atoms with van der Waals surface area (Å²) in [6.07, 6.45) is 7.39. The van der Waals surface area contributed by atoms with E-state index >= 15 is 0 Å². The van der Waals surface area contributed by atoms with E-state index in [1.54, 1.807) is 0 Å². The molecule has 5 heteroatoms. The Morgan fingerprint density at radius 1 is 1.16 bits per heavy atom. The van der Waals surface area contributed by atoms with Crippen LogP contribution in [0.15, 0.2) is 9.32 Å². The maximum absolute atomic E-state index is 11.8. The molecule has 19 heavy (non-hydrogen) atoms. The number of nitrogens with one attached hydrogen (secondary N) is 1. The van der Waals surface area contributed by atoms with E-state index in [0.717, 1.165) is 29.4 Å². The van der Waals surface area contributed by atoms with Gasteiger partial charge in [-0.1, -0.05) is 4.68 Å². The molecule has 5 rings (SSSR count). The number of nitrogens with zero attached hydrogens (tertiary/aromatic N) is 1. The molecule has 1 heterocycles. The van der Waals surface area contributed by atoms with E-state index in [-0.39, 0.29) is 5.63 Å². The predicted molar refractivity (Wildman–Crippen MR) is 68.4 cm³/mol. The topological polar surface area (TPSA) is 75.9 Å². The molecular formula is C14H22N3O2+. The molecule has 5 nitrogen and oxygen atoms in total. The fourth-order valence-electron chi connectivity index (χ4n) is 5.22. The smallest absolute Gasteiger partial charge is 0.330 e. The molecule has 0 unspecified atom stereocenters. The first-order valence-electron chi connectivity index (χ1n) is 7.58. The van der Waals surface area contributed by atoms with Crippen molar-refractivity contribution in [3.8, 4) is 0 Å². The minimum Gasteiger partial charge on any atom is -0.330 e. The van der Waals surface area contributed by atoms with Crippen molar-refractivity contribution in [3.63, 3.8) is 0 Å². The van der Waals surface area contributed by atoms with Gasteiger partial charge in [-0.2, -0.15) is 0 Å². The molecule has 1 aromatic rings. The van der Waals surface area contributed by atoms with E-state index in [2.05, 4.69) is 5.27 Å². The molecule has 0 radical (unpaired) electrons. The van der Waals surface area contributed by atoms with Crippen molar-refractivity contribution in [2.75, 3.05) is 6.54 Å². The first-order chi connectivity index (χ1) is 9.26. The summed E-state index contributed by atoms with van der Waals surface area (Å²) in [5, 5.41) is 2.86. The highest BCUT2D eigenvalue weighted by Gasteiger charge is 2.54. The standard InChI is InChI=1S/C14H21N3O2/c15-2-1-12-14(18)19-16-17(12)13-10-4-8-3-9(6-10)7-11(13)5-8/h8-11,13H,1-7,15H2/p+1. The molecule has 1 aromatic heterocycles. The zero-order valence-corrected chi connectivity index (χ0v) is 11.2. The van der Waals surface area contributed by atoms with E-state index in [1.807, 2.05) is 4.68 Å². The van der Waals surface area contributed by atoms with Gasteiger partial charge in [-0.15, -0.1) is 0 Å². The van der Waals surface area contributed by atoms with Crippen LogP contribution in [0, 0.1) is 23.7 Å². The fraction of sp³-hybridized carbons (Fsp3) is 0.857. The van der Waals surface area contributed by atoms with Gasteiger partial charge in [0.05, 0.1) is 6.42 Å². The number of rotatable bonds is 3. The van der Waals surface area contributed by atoms with E-state index in [9.17, 15) is 4.79 Å². The molecule has 104 valence electrons. The highest BCUT2D eigenvalue weighted by Crippen LogP contribution is 2.56. The SMILES string of the molecule is NCCc1c(=O)o[nH][n+]1C1C2CC3CC(C2)CC1C3. The fourth-order valence-corrected chi connectivity index (χ4v) is 5.22. The van der Waals surface area contributed by atoms with Crippen molar-refractivity contribution in [1.29, 1.82) is 0 Å². The summed E-state index contributed by atoms with van der Waals surface area (Å²) in [5.41, 5.74) is 6.12. The van der Waals surface area contributed by atoms with Gasteiger partial charge < -0.3 is 5.73 Å². The summed E-state index contributed by atoms with van der Waals surface area (Å²) in [6, 6.07) is 0.445. The minimum atomic E-state index is -0.237. The largest absolute Gasteiger partial charge is 0.429 e. The van der Waals surface area contributed by atoms with Crippen LogP contribution in [0.25, 0.3) is 0 Å². The maximum atomic E-state index is 11.8. The zero-order valence-electron chi connectivity index (χ0n) is 11.2. The van der Waals surface area contributed by atoms with E-state index < -0.39 is 0 Å². The Bertz CT molecular complexity index is 505. The Hall–Kier alpha value is -1.10. The van der Waals surface area contributed by atoms with Crippen LogP contribution in [0.1, 0.15) is 43.8 Å². The van der Waals surface area contributed by atoms with Crippen LogP contribution >= 0.6 is 0 Å². The number of aromatic amines is 1. The summed E-state index contributed by atoms with van der Waals surface area (Å²) >= 11 is 0. The van der Waals surface area contributed by atoms with Crippen LogP contribution in [0.2, 0.25) is 0 Å². The zero-order chi connectivity index (χ0) is 13.0. The first kappa shape index (κ1) is 11.7. The molecule has 0 atom stereocenters. The lowest BCUT2D eigenvalue weighted by Crippen LogP contribution is -2.59. The van der Waals surface area contributed by atoms with Crippen LogP contribution in [0.5, 0.6) is 0 Å². The lowest BCUT2D eigenvalue weighted by Gasteiger charge is -2.50. The van der Waals surface area contributed by atoms with Crippen LogP contribution in [0.4, 0.5) is 0 Å². The average Bonchev–Trinajstić information content (AvgIpc) is 2.71. The van der Waals surface area contributed by atoms with Crippen LogP contribution in [-0.2, 0) is 6.42 Å².